The van der Waals surface area contributed by atoms with Crippen molar-refractivity contribution in [1.29, 1.82) is 0 Å². The molecule has 0 spiro atoms. The van der Waals surface area contributed by atoms with Crippen LogP contribution in [0, 0.1) is 0 Å². The number of fused-ring (bicyclic) bond motifs is 3. The highest BCUT2D eigenvalue weighted by molar-refractivity contribution is 5.52. The molecule has 0 bridgehead atoms. The van der Waals surface area contributed by atoms with Crippen molar-refractivity contribution in [2.24, 2.45) is 0 Å². The minimum Gasteiger partial charge on any atom is -0.395 e. The van der Waals surface area contributed by atoms with E-state index in [9.17, 15) is 8.78 Å². The van der Waals surface area contributed by atoms with Crippen LogP contribution in [-0.4, -0.2) is 27.0 Å². The van der Waals surface area contributed by atoms with Gasteiger partial charge in [0.05, 0.1) is 13.2 Å². The van der Waals surface area contributed by atoms with Crippen LogP contribution in [0.4, 0.5) is 8.78 Å². The summed E-state index contributed by atoms with van der Waals surface area (Å²) in [5.74, 6) is 0.210. The van der Waals surface area contributed by atoms with Gasteiger partial charge in [0.15, 0.2) is 11.5 Å². The molecule has 0 saturated heterocycles. The van der Waals surface area contributed by atoms with Crippen LogP contribution in [0.2, 0.25) is 0 Å². The molecular weight excluding hydrogens is 244 g/mol. The molecular formula is C12H15F2NO3. The average molecular weight is 259 g/mol. The lowest BCUT2D eigenvalue weighted by molar-refractivity contribution is -0.287. The molecule has 2 aliphatic heterocycles. The highest BCUT2D eigenvalue weighted by Crippen LogP contribution is 2.45. The molecule has 0 fully saturated rings. The number of rotatable bonds is 0. The normalized spacial score (nSPS) is 18.7. The second kappa shape index (κ2) is 5.07. The van der Waals surface area contributed by atoms with Gasteiger partial charge in [-0.05, 0) is 32.1 Å². The predicted octanol–water partition coefficient (Wildman–Crippen LogP) is 1.92. The van der Waals surface area contributed by atoms with Crippen molar-refractivity contribution in [1.82, 2.24) is 5.32 Å². The van der Waals surface area contributed by atoms with E-state index in [0.717, 1.165) is 12.0 Å². The first-order valence-corrected chi connectivity index (χ1v) is 5.64. The van der Waals surface area contributed by atoms with E-state index in [4.69, 9.17) is 4.74 Å². The second-order valence-corrected chi connectivity index (χ2v) is 4.00. The van der Waals surface area contributed by atoms with Gasteiger partial charge in [0.1, 0.15) is 0 Å². The lowest BCUT2D eigenvalue weighted by Gasteiger charge is -2.17. The maximum Gasteiger partial charge on any atom is 0.586 e. The van der Waals surface area contributed by atoms with E-state index in [0.29, 0.717) is 18.8 Å². The van der Waals surface area contributed by atoms with Crippen LogP contribution < -0.4 is 14.8 Å². The van der Waals surface area contributed by atoms with E-state index in [2.05, 4.69) is 14.8 Å². The summed E-state index contributed by atoms with van der Waals surface area (Å²) in [6.07, 6.45) is -2.83. The van der Waals surface area contributed by atoms with Gasteiger partial charge in [0, 0.05) is 5.56 Å². The predicted molar refractivity (Wildman–Crippen MR) is 61.0 cm³/mol. The van der Waals surface area contributed by atoms with Gasteiger partial charge in [0.25, 0.3) is 0 Å². The highest BCUT2D eigenvalue weighted by Gasteiger charge is 2.45. The monoisotopic (exact) mass is 259 g/mol. The maximum absolute atomic E-state index is 12.8. The lowest BCUT2D eigenvalue weighted by Crippen LogP contribution is -2.26. The van der Waals surface area contributed by atoms with Crippen molar-refractivity contribution >= 4 is 0 Å². The summed E-state index contributed by atoms with van der Waals surface area (Å²) < 4.78 is 39.7. The number of hydrogen-bond acceptors (Lipinski definition) is 4. The molecule has 0 radical (unpaired) electrons. The zero-order valence-electron chi connectivity index (χ0n) is 10.3. The Kier molecular flexibility index (Phi) is 3.68. The summed E-state index contributed by atoms with van der Waals surface area (Å²) >= 11 is 0. The molecule has 0 saturated carbocycles. The first kappa shape index (κ1) is 13.0. The molecule has 0 aliphatic carbocycles. The standard InChI is InChI=1S/C10H8F2O3.C2H7N/c11-10(12)14-8-2-1-6-3-4-13-5-7(6)9(8)15-10;1-3-2/h1-2H,3-5H2;3H,1-2H3. The summed E-state index contributed by atoms with van der Waals surface area (Å²) in [6, 6.07) is 3.29. The molecule has 2 heterocycles. The summed E-state index contributed by atoms with van der Waals surface area (Å²) in [7, 11) is 3.75. The van der Waals surface area contributed by atoms with Crippen LogP contribution in [0.25, 0.3) is 0 Å². The van der Waals surface area contributed by atoms with Crippen LogP contribution in [0.3, 0.4) is 0 Å². The van der Waals surface area contributed by atoms with Crippen LogP contribution in [0.5, 0.6) is 11.5 Å². The number of nitrogens with one attached hydrogen (secondary N) is 1. The van der Waals surface area contributed by atoms with Crippen molar-refractivity contribution in [2.45, 2.75) is 19.3 Å². The first-order valence-electron chi connectivity index (χ1n) is 5.64. The van der Waals surface area contributed by atoms with Gasteiger partial charge in [-0.2, -0.15) is 0 Å². The average Bonchev–Trinajstić information content (AvgIpc) is 2.65. The lowest BCUT2D eigenvalue weighted by atomic mass is 10.0. The number of ether oxygens (including phenoxy) is 3. The van der Waals surface area contributed by atoms with Crippen molar-refractivity contribution in [2.75, 3.05) is 20.7 Å². The van der Waals surface area contributed by atoms with Crippen molar-refractivity contribution in [3.8, 4) is 11.5 Å². The fraction of sp³-hybridized carbons (Fsp3) is 0.500. The second-order valence-electron chi connectivity index (χ2n) is 4.00. The number of benzene rings is 1. The van der Waals surface area contributed by atoms with E-state index >= 15 is 0 Å². The summed E-state index contributed by atoms with van der Waals surface area (Å²) in [5.41, 5.74) is 1.66. The zero-order chi connectivity index (χ0) is 13.2. The van der Waals surface area contributed by atoms with E-state index in [1.165, 1.54) is 6.07 Å². The Morgan fingerprint density at radius 3 is 2.67 bits per heavy atom. The third kappa shape index (κ3) is 2.54. The van der Waals surface area contributed by atoms with Gasteiger partial charge < -0.3 is 19.5 Å². The Hall–Kier alpha value is -1.40. The fourth-order valence-electron chi connectivity index (χ4n) is 1.86. The molecule has 1 N–H and O–H groups in total. The largest absolute Gasteiger partial charge is 0.586 e. The molecule has 1 aromatic rings. The Bertz CT molecular complexity index is 438. The van der Waals surface area contributed by atoms with Crippen LogP contribution in [-0.2, 0) is 17.8 Å². The number of hydrogen-bond donors (Lipinski definition) is 1. The smallest absolute Gasteiger partial charge is 0.395 e. The minimum absolute atomic E-state index is 0.0873. The van der Waals surface area contributed by atoms with E-state index in [1.807, 2.05) is 14.1 Å². The first-order chi connectivity index (χ1) is 8.57. The summed E-state index contributed by atoms with van der Waals surface area (Å²) in [4.78, 5) is 0. The van der Waals surface area contributed by atoms with Crippen LogP contribution in [0.1, 0.15) is 11.1 Å². The molecule has 3 rings (SSSR count). The summed E-state index contributed by atoms with van der Waals surface area (Å²) in [5, 5.41) is 2.75. The van der Waals surface area contributed by atoms with Crippen molar-refractivity contribution < 1.29 is 23.0 Å². The van der Waals surface area contributed by atoms with Gasteiger partial charge in [-0.25, -0.2) is 0 Å². The maximum atomic E-state index is 12.8. The molecule has 0 amide bonds. The molecule has 2 aliphatic rings. The van der Waals surface area contributed by atoms with Gasteiger partial charge in [0.2, 0.25) is 0 Å². The zero-order valence-corrected chi connectivity index (χ0v) is 10.3. The Morgan fingerprint density at radius 1 is 1.22 bits per heavy atom. The van der Waals surface area contributed by atoms with Crippen molar-refractivity contribution in [3.63, 3.8) is 0 Å². The Morgan fingerprint density at radius 2 is 1.94 bits per heavy atom. The van der Waals surface area contributed by atoms with Gasteiger partial charge in [-0.15, -0.1) is 8.78 Å². The van der Waals surface area contributed by atoms with Crippen LogP contribution >= 0.6 is 0 Å². The SMILES string of the molecule is CNC.FC1(F)Oc2ccc3c(c2O1)COCC3. The van der Waals surface area contributed by atoms with Crippen LogP contribution in [0.15, 0.2) is 12.1 Å². The third-order valence-electron chi connectivity index (χ3n) is 2.53. The van der Waals surface area contributed by atoms with E-state index in [1.54, 1.807) is 6.07 Å². The fourth-order valence-corrected chi connectivity index (χ4v) is 1.86. The third-order valence-corrected chi connectivity index (χ3v) is 2.53. The quantitative estimate of drug-likeness (QED) is 0.772. The van der Waals surface area contributed by atoms with Gasteiger partial charge in [-0.1, -0.05) is 6.07 Å². The van der Waals surface area contributed by atoms with E-state index < -0.39 is 6.29 Å². The number of halogens is 2. The highest BCUT2D eigenvalue weighted by atomic mass is 19.3. The molecule has 18 heavy (non-hydrogen) atoms. The molecule has 100 valence electrons. The molecule has 0 atom stereocenters. The molecule has 4 nitrogen and oxygen atoms in total. The van der Waals surface area contributed by atoms with Gasteiger partial charge >= 0.3 is 6.29 Å². The molecule has 6 heteroatoms. The molecule has 1 aromatic carbocycles. The summed E-state index contributed by atoms with van der Waals surface area (Å²) in [6.45, 7) is 0.918. The molecule has 0 unspecified atom stereocenters. The minimum atomic E-state index is -3.55. The number of alkyl halides is 2. The topological polar surface area (TPSA) is 39.7 Å². The van der Waals surface area contributed by atoms with E-state index in [-0.39, 0.29) is 11.5 Å². The van der Waals surface area contributed by atoms with Gasteiger partial charge in [-0.3, -0.25) is 0 Å². The van der Waals surface area contributed by atoms with Crippen molar-refractivity contribution in [3.05, 3.63) is 23.3 Å². The molecule has 0 aromatic heterocycles. The Labute approximate surface area is 104 Å². The Balaban J connectivity index is 0.000000367.